The molecular formula is C10H18O3. The molecule has 0 amide bonds. The molecule has 0 radical (unpaired) electrons. The summed E-state index contributed by atoms with van der Waals surface area (Å²) in [6, 6.07) is 0. The van der Waals surface area contributed by atoms with Crippen LogP contribution in [0.15, 0.2) is 24.7 Å². The van der Waals surface area contributed by atoms with Crippen LogP contribution in [0.1, 0.15) is 13.8 Å². The standard InChI is InChI=1S/C10H18O3/c1-9(2)12-7-5-11-6-8-13-10(3)4/h1,3,5-8H2,2,4H3. The lowest BCUT2D eigenvalue weighted by Crippen LogP contribution is -2.08. The van der Waals surface area contributed by atoms with Crippen molar-refractivity contribution in [2.75, 3.05) is 26.4 Å². The summed E-state index contributed by atoms with van der Waals surface area (Å²) in [5.41, 5.74) is 0. The van der Waals surface area contributed by atoms with E-state index in [2.05, 4.69) is 13.2 Å². The van der Waals surface area contributed by atoms with E-state index >= 15 is 0 Å². The van der Waals surface area contributed by atoms with E-state index in [9.17, 15) is 0 Å². The van der Waals surface area contributed by atoms with Gasteiger partial charge in [-0.25, -0.2) is 0 Å². The van der Waals surface area contributed by atoms with Crippen molar-refractivity contribution in [3.05, 3.63) is 24.7 Å². The second-order valence-electron chi connectivity index (χ2n) is 2.71. The number of ether oxygens (including phenoxy) is 3. The van der Waals surface area contributed by atoms with Crippen LogP contribution < -0.4 is 0 Å². The van der Waals surface area contributed by atoms with Gasteiger partial charge < -0.3 is 14.2 Å². The molecule has 0 aliphatic rings. The highest BCUT2D eigenvalue weighted by atomic mass is 16.5. The van der Waals surface area contributed by atoms with Crippen LogP contribution >= 0.6 is 0 Å². The first kappa shape index (κ1) is 12.0. The minimum Gasteiger partial charge on any atom is -0.496 e. The van der Waals surface area contributed by atoms with E-state index < -0.39 is 0 Å². The fourth-order valence-electron chi connectivity index (χ4n) is 0.652. The Balaban J connectivity index is 3.00. The fraction of sp³-hybridized carbons (Fsp3) is 0.600. The van der Waals surface area contributed by atoms with E-state index in [0.717, 1.165) is 0 Å². The summed E-state index contributed by atoms with van der Waals surface area (Å²) < 4.78 is 15.4. The molecule has 0 bridgehead atoms. The van der Waals surface area contributed by atoms with Gasteiger partial charge in [0.1, 0.15) is 13.2 Å². The van der Waals surface area contributed by atoms with E-state index in [1.807, 2.05) is 13.8 Å². The average Bonchev–Trinajstić information content (AvgIpc) is 2.01. The highest BCUT2D eigenvalue weighted by molar-refractivity contribution is 4.73. The normalized spacial score (nSPS) is 9.38. The maximum atomic E-state index is 5.20. The zero-order valence-electron chi connectivity index (χ0n) is 8.47. The Bertz CT molecular complexity index is 146. The number of allylic oxidation sites excluding steroid dienone is 2. The monoisotopic (exact) mass is 186 g/mol. The van der Waals surface area contributed by atoms with Gasteiger partial charge >= 0.3 is 0 Å². The van der Waals surface area contributed by atoms with Crippen molar-refractivity contribution >= 4 is 0 Å². The van der Waals surface area contributed by atoms with Gasteiger partial charge in [0.15, 0.2) is 0 Å². The molecule has 0 atom stereocenters. The highest BCUT2D eigenvalue weighted by Gasteiger charge is 1.90. The summed E-state index contributed by atoms with van der Waals surface area (Å²) in [6.07, 6.45) is 0. The van der Waals surface area contributed by atoms with Gasteiger partial charge in [0, 0.05) is 0 Å². The molecule has 0 saturated heterocycles. The molecule has 13 heavy (non-hydrogen) atoms. The first-order valence-corrected chi connectivity index (χ1v) is 4.27. The summed E-state index contributed by atoms with van der Waals surface area (Å²) in [4.78, 5) is 0. The second kappa shape index (κ2) is 7.68. The van der Waals surface area contributed by atoms with Crippen molar-refractivity contribution in [3.63, 3.8) is 0 Å². The smallest absolute Gasteiger partial charge is 0.111 e. The molecule has 0 aliphatic carbocycles. The minimum atomic E-state index is 0.544. The molecule has 0 unspecified atom stereocenters. The van der Waals surface area contributed by atoms with E-state index in [0.29, 0.717) is 37.9 Å². The lowest BCUT2D eigenvalue weighted by atomic mass is 10.6. The summed E-state index contributed by atoms with van der Waals surface area (Å²) in [5, 5.41) is 0. The van der Waals surface area contributed by atoms with Crippen LogP contribution in [0.25, 0.3) is 0 Å². The number of rotatable bonds is 8. The van der Waals surface area contributed by atoms with Crippen molar-refractivity contribution in [1.29, 1.82) is 0 Å². The van der Waals surface area contributed by atoms with Gasteiger partial charge in [-0.15, -0.1) is 0 Å². The van der Waals surface area contributed by atoms with Crippen LogP contribution in [-0.2, 0) is 14.2 Å². The largest absolute Gasteiger partial charge is 0.496 e. The van der Waals surface area contributed by atoms with E-state index in [-0.39, 0.29) is 0 Å². The SMILES string of the molecule is C=C(C)OCCOCCOC(=C)C. The maximum Gasteiger partial charge on any atom is 0.111 e. The summed E-state index contributed by atoms with van der Waals surface area (Å²) >= 11 is 0. The maximum absolute atomic E-state index is 5.20. The Morgan fingerprint density at radius 3 is 1.54 bits per heavy atom. The van der Waals surface area contributed by atoms with Gasteiger partial charge in [0.05, 0.1) is 24.7 Å². The van der Waals surface area contributed by atoms with Crippen molar-refractivity contribution in [2.24, 2.45) is 0 Å². The van der Waals surface area contributed by atoms with Crippen LogP contribution in [0.5, 0.6) is 0 Å². The predicted octanol–water partition coefficient (Wildman–Crippen LogP) is 2.10. The number of hydrogen-bond donors (Lipinski definition) is 0. The third-order valence-electron chi connectivity index (χ3n) is 1.15. The molecule has 0 N–H and O–H groups in total. The fourth-order valence-corrected chi connectivity index (χ4v) is 0.652. The molecule has 0 rings (SSSR count). The number of hydrogen-bond acceptors (Lipinski definition) is 3. The van der Waals surface area contributed by atoms with Gasteiger partial charge in [0.25, 0.3) is 0 Å². The first-order valence-electron chi connectivity index (χ1n) is 4.27. The lowest BCUT2D eigenvalue weighted by Gasteiger charge is -2.07. The molecule has 3 nitrogen and oxygen atoms in total. The van der Waals surface area contributed by atoms with Crippen molar-refractivity contribution in [2.45, 2.75) is 13.8 Å². The zero-order valence-corrected chi connectivity index (χ0v) is 8.47. The molecule has 0 aromatic rings. The van der Waals surface area contributed by atoms with Crippen LogP contribution in [0.3, 0.4) is 0 Å². The Morgan fingerprint density at radius 2 is 1.23 bits per heavy atom. The third-order valence-corrected chi connectivity index (χ3v) is 1.15. The molecule has 0 aliphatic heterocycles. The Hall–Kier alpha value is -0.960. The summed E-state index contributed by atoms with van der Waals surface area (Å²) in [6.45, 7) is 13.0. The van der Waals surface area contributed by atoms with E-state index in [4.69, 9.17) is 14.2 Å². The average molecular weight is 186 g/mol. The zero-order chi connectivity index (χ0) is 10.1. The van der Waals surface area contributed by atoms with Gasteiger partial charge in [-0.1, -0.05) is 13.2 Å². The van der Waals surface area contributed by atoms with Crippen LogP contribution in [0.2, 0.25) is 0 Å². The molecule has 0 aromatic heterocycles. The van der Waals surface area contributed by atoms with Gasteiger partial charge in [-0.05, 0) is 13.8 Å². The Morgan fingerprint density at radius 1 is 0.846 bits per heavy atom. The van der Waals surface area contributed by atoms with Gasteiger partial charge in [0.2, 0.25) is 0 Å². The Kier molecular flexibility index (Phi) is 7.11. The van der Waals surface area contributed by atoms with Crippen LogP contribution in [0, 0.1) is 0 Å². The van der Waals surface area contributed by atoms with Crippen molar-refractivity contribution in [3.8, 4) is 0 Å². The quantitative estimate of drug-likeness (QED) is 0.429. The topological polar surface area (TPSA) is 27.7 Å². The molecule has 0 spiro atoms. The third kappa shape index (κ3) is 11.0. The molecule has 0 saturated carbocycles. The lowest BCUT2D eigenvalue weighted by molar-refractivity contribution is 0.0457. The summed E-state index contributed by atoms with van der Waals surface area (Å²) in [5.74, 6) is 1.42. The molecule has 0 heterocycles. The molecule has 0 aromatic carbocycles. The predicted molar refractivity (Wildman–Crippen MR) is 52.4 cm³/mol. The van der Waals surface area contributed by atoms with Crippen molar-refractivity contribution in [1.82, 2.24) is 0 Å². The van der Waals surface area contributed by atoms with Gasteiger partial charge in [-0.2, -0.15) is 0 Å². The molecule has 3 heteroatoms. The van der Waals surface area contributed by atoms with Crippen LogP contribution in [0.4, 0.5) is 0 Å². The first-order chi connectivity index (χ1) is 6.13. The van der Waals surface area contributed by atoms with Gasteiger partial charge in [-0.3, -0.25) is 0 Å². The summed E-state index contributed by atoms with van der Waals surface area (Å²) in [7, 11) is 0. The Labute approximate surface area is 80.0 Å². The molecule has 0 fully saturated rings. The minimum absolute atomic E-state index is 0.544. The van der Waals surface area contributed by atoms with E-state index in [1.165, 1.54) is 0 Å². The molecular weight excluding hydrogens is 168 g/mol. The van der Waals surface area contributed by atoms with E-state index in [1.54, 1.807) is 0 Å². The second-order valence-corrected chi connectivity index (χ2v) is 2.71. The van der Waals surface area contributed by atoms with Crippen LogP contribution in [-0.4, -0.2) is 26.4 Å². The highest BCUT2D eigenvalue weighted by Crippen LogP contribution is 1.91. The molecule has 76 valence electrons. The van der Waals surface area contributed by atoms with Crippen molar-refractivity contribution < 1.29 is 14.2 Å².